The van der Waals surface area contributed by atoms with Crippen LogP contribution in [0.15, 0.2) is 24.3 Å². The monoisotopic (exact) mass is 264 g/mol. The molecule has 1 heterocycles. The molecule has 1 aliphatic heterocycles. The van der Waals surface area contributed by atoms with Crippen LogP contribution in [0.4, 0.5) is 0 Å². The fourth-order valence-corrected chi connectivity index (χ4v) is 2.80. The number of ether oxygens (including phenoxy) is 1. The Labute approximate surface area is 115 Å². The molecule has 2 atom stereocenters. The lowest BCUT2D eigenvalue weighted by atomic mass is 9.98. The van der Waals surface area contributed by atoms with Gasteiger partial charge in [0.05, 0.1) is 12.7 Å². The lowest BCUT2D eigenvalue weighted by Gasteiger charge is -2.30. The summed E-state index contributed by atoms with van der Waals surface area (Å²) in [6.07, 6.45) is 0.631. The van der Waals surface area contributed by atoms with Crippen LogP contribution >= 0.6 is 0 Å². The molecule has 106 valence electrons. The SMILES string of the molecule is COCC(O)CN(C)C1CCNCc2ccccc21. The normalized spacial score (nSPS) is 20.9. The van der Waals surface area contributed by atoms with Gasteiger partial charge in [-0.1, -0.05) is 24.3 Å². The largest absolute Gasteiger partial charge is 0.389 e. The zero-order valence-corrected chi connectivity index (χ0v) is 11.8. The summed E-state index contributed by atoms with van der Waals surface area (Å²) in [4.78, 5) is 2.23. The molecule has 2 N–H and O–H groups in total. The van der Waals surface area contributed by atoms with Gasteiger partial charge in [-0.05, 0) is 31.1 Å². The van der Waals surface area contributed by atoms with E-state index in [1.807, 2.05) is 0 Å². The molecule has 4 heteroatoms. The molecule has 0 radical (unpaired) electrons. The lowest BCUT2D eigenvalue weighted by molar-refractivity contribution is 0.0333. The molecule has 0 saturated carbocycles. The van der Waals surface area contributed by atoms with Crippen LogP contribution in [0.25, 0.3) is 0 Å². The van der Waals surface area contributed by atoms with Crippen molar-refractivity contribution in [2.45, 2.75) is 25.1 Å². The van der Waals surface area contributed by atoms with Crippen molar-refractivity contribution in [2.75, 3.05) is 33.9 Å². The van der Waals surface area contributed by atoms with E-state index in [2.05, 4.69) is 41.5 Å². The Morgan fingerprint density at radius 3 is 3.05 bits per heavy atom. The van der Waals surface area contributed by atoms with E-state index < -0.39 is 6.10 Å². The molecule has 2 unspecified atom stereocenters. The molecule has 1 aromatic carbocycles. The summed E-state index contributed by atoms with van der Waals surface area (Å²) in [5.74, 6) is 0. The first-order valence-electron chi connectivity index (χ1n) is 6.88. The molecule has 2 rings (SSSR count). The molecule has 1 aliphatic rings. The van der Waals surface area contributed by atoms with E-state index in [4.69, 9.17) is 4.74 Å². The summed E-state index contributed by atoms with van der Waals surface area (Å²) >= 11 is 0. The Morgan fingerprint density at radius 2 is 2.26 bits per heavy atom. The fourth-order valence-electron chi connectivity index (χ4n) is 2.80. The first-order chi connectivity index (χ1) is 9.22. The minimum atomic E-state index is -0.432. The number of nitrogens with zero attached hydrogens (tertiary/aromatic N) is 1. The van der Waals surface area contributed by atoms with Crippen molar-refractivity contribution in [3.63, 3.8) is 0 Å². The molecule has 0 fully saturated rings. The van der Waals surface area contributed by atoms with Crippen LogP contribution < -0.4 is 5.32 Å². The third-order valence-corrected chi connectivity index (χ3v) is 3.71. The Morgan fingerprint density at radius 1 is 1.47 bits per heavy atom. The third-order valence-electron chi connectivity index (χ3n) is 3.71. The number of aliphatic hydroxyl groups excluding tert-OH is 1. The Balaban J connectivity index is 2.10. The van der Waals surface area contributed by atoms with Crippen LogP contribution in [0.3, 0.4) is 0 Å². The van der Waals surface area contributed by atoms with Crippen LogP contribution in [0, 0.1) is 0 Å². The molecule has 0 spiro atoms. The highest BCUT2D eigenvalue weighted by Gasteiger charge is 2.23. The second-order valence-electron chi connectivity index (χ2n) is 5.23. The van der Waals surface area contributed by atoms with Crippen molar-refractivity contribution in [1.29, 1.82) is 0 Å². The minimum Gasteiger partial charge on any atom is -0.389 e. The van der Waals surface area contributed by atoms with E-state index in [-0.39, 0.29) is 0 Å². The summed E-state index contributed by atoms with van der Waals surface area (Å²) in [5.41, 5.74) is 2.73. The smallest absolute Gasteiger partial charge is 0.0900 e. The van der Waals surface area contributed by atoms with Gasteiger partial charge in [0.25, 0.3) is 0 Å². The van der Waals surface area contributed by atoms with Crippen LogP contribution in [0.5, 0.6) is 0 Å². The average Bonchev–Trinajstić information content (AvgIpc) is 2.61. The number of aliphatic hydroxyl groups is 1. The number of nitrogens with one attached hydrogen (secondary N) is 1. The topological polar surface area (TPSA) is 44.7 Å². The van der Waals surface area contributed by atoms with Gasteiger partial charge in [-0.3, -0.25) is 4.90 Å². The van der Waals surface area contributed by atoms with Crippen molar-refractivity contribution in [3.8, 4) is 0 Å². The van der Waals surface area contributed by atoms with Gasteiger partial charge in [0, 0.05) is 26.2 Å². The number of hydrogen-bond donors (Lipinski definition) is 2. The second kappa shape index (κ2) is 7.01. The number of hydrogen-bond acceptors (Lipinski definition) is 4. The maximum absolute atomic E-state index is 9.89. The Kier molecular flexibility index (Phi) is 5.34. The molecular weight excluding hydrogens is 240 g/mol. The van der Waals surface area contributed by atoms with E-state index in [1.165, 1.54) is 11.1 Å². The molecule has 0 amide bonds. The summed E-state index contributed by atoms with van der Waals surface area (Å²) in [5, 5.41) is 13.3. The summed E-state index contributed by atoms with van der Waals surface area (Å²) < 4.78 is 5.00. The van der Waals surface area contributed by atoms with E-state index in [9.17, 15) is 5.11 Å². The van der Waals surface area contributed by atoms with Crippen molar-refractivity contribution >= 4 is 0 Å². The average molecular weight is 264 g/mol. The zero-order chi connectivity index (χ0) is 13.7. The zero-order valence-electron chi connectivity index (χ0n) is 11.8. The molecule has 4 nitrogen and oxygen atoms in total. The predicted molar refractivity (Wildman–Crippen MR) is 76.0 cm³/mol. The maximum Gasteiger partial charge on any atom is 0.0900 e. The molecule has 0 saturated heterocycles. The first-order valence-corrected chi connectivity index (χ1v) is 6.88. The standard InChI is InChI=1S/C15H24N2O2/c1-17(10-13(18)11-19-2)15-7-8-16-9-12-5-3-4-6-14(12)15/h3-6,13,15-16,18H,7-11H2,1-2H3. The minimum absolute atomic E-state index is 0.359. The maximum atomic E-state index is 9.89. The Hall–Kier alpha value is -0.940. The predicted octanol–water partition coefficient (Wildman–Crippen LogP) is 1.16. The van der Waals surface area contributed by atoms with Gasteiger partial charge in [0.1, 0.15) is 0 Å². The van der Waals surface area contributed by atoms with Crippen LogP contribution in [-0.4, -0.2) is 50.0 Å². The number of methoxy groups -OCH3 is 1. The van der Waals surface area contributed by atoms with Crippen LogP contribution in [0.2, 0.25) is 0 Å². The van der Waals surface area contributed by atoms with Crippen molar-refractivity contribution in [2.24, 2.45) is 0 Å². The van der Waals surface area contributed by atoms with Gasteiger partial charge in [-0.25, -0.2) is 0 Å². The number of rotatable bonds is 5. The van der Waals surface area contributed by atoms with E-state index in [1.54, 1.807) is 7.11 Å². The molecular formula is C15H24N2O2. The molecule has 0 aromatic heterocycles. The lowest BCUT2D eigenvalue weighted by Crippen LogP contribution is -2.35. The molecule has 19 heavy (non-hydrogen) atoms. The van der Waals surface area contributed by atoms with E-state index in [0.717, 1.165) is 19.5 Å². The van der Waals surface area contributed by atoms with Crippen molar-refractivity contribution in [1.82, 2.24) is 10.2 Å². The highest BCUT2D eigenvalue weighted by molar-refractivity contribution is 5.31. The van der Waals surface area contributed by atoms with Crippen LogP contribution in [-0.2, 0) is 11.3 Å². The van der Waals surface area contributed by atoms with E-state index >= 15 is 0 Å². The fraction of sp³-hybridized carbons (Fsp3) is 0.600. The quantitative estimate of drug-likeness (QED) is 0.838. The van der Waals surface area contributed by atoms with Crippen molar-refractivity contribution < 1.29 is 9.84 Å². The number of likely N-dealkylation sites (N-methyl/N-ethyl adjacent to an activating group) is 1. The summed E-state index contributed by atoms with van der Waals surface area (Å²) in [6, 6.07) is 8.92. The summed E-state index contributed by atoms with van der Waals surface area (Å²) in [6.45, 7) is 2.95. The first kappa shape index (κ1) is 14.5. The Bertz CT molecular complexity index is 397. The second-order valence-corrected chi connectivity index (χ2v) is 5.23. The summed E-state index contributed by atoms with van der Waals surface area (Å²) in [7, 11) is 3.69. The molecule has 1 aromatic rings. The van der Waals surface area contributed by atoms with Gasteiger partial charge < -0.3 is 15.2 Å². The van der Waals surface area contributed by atoms with Crippen molar-refractivity contribution in [3.05, 3.63) is 35.4 Å². The highest BCUT2D eigenvalue weighted by Crippen LogP contribution is 2.28. The van der Waals surface area contributed by atoms with Gasteiger partial charge in [-0.2, -0.15) is 0 Å². The molecule has 0 bridgehead atoms. The van der Waals surface area contributed by atoms with Gasteiger partial charge in [0.15, 0.2) is 0 Å². The van der Waals surface area contributed by atoms with Crippen LogP contribution in [0.1, 0.15) is 23.6 Å². The number of fused-ring (bicyclic) bond motifs is 1. The van der Waals surface area contributed by atoms with Gasteiger partial charge in [-0.15, -0.1) is 0 Å². The van der Waals surface area contributed by atoms with Gasteiger partial charge in [0.2, 0.25) is 0 Å². The van der Waals surface area contributed by atoms with Gasteiger partial charge >= 0.3 is 0 Å². The third kappa shape index (κ3) is 3.76. The van der Waals surface area contributed by atoms with E-state index in [0.29, 0.717) is 19.2 Å². The molecule has 0 aliphatic carbocycles. The number of benzene rings is 1. The highest BCUT2D eigenvalue weighted by atomic mass is 16.5.